The third-order valence-electron chi connectivity index (χ3n) is 3.71. The van der Waals surface area contributed by atoms with Gasteiger partial charge in [0.05, 0.1) is 6.10 Å². The van der Waals surface area contributed by atoms with Gasteiger partial charge in [0, 0.05) is 18.0 Å². The maximum atomic E-state index is 11.9. The van der Waals surface area contributed by atoms with Crippen molar-refractivity contribution in [1.29, 1.82) is 0 Å². The van der Waals surface area contributed by atoms with Gasteiger partial charge in [0.25, 0.3) is 5.91 Å². The van der Waals surface area contributed by atoms with Crippen molar-refractivity contribution in [3.8, 4) is 0 Å². The van der Waals surface area contributed by atoms with Gasteiger partial charge in [-0.2, -0.15) is 0 Å². The Morgan fingerprint density at radius 2 is 1.94 bits per heavy atom. The highest BCUT2D eigenvalue weighted by atomic mass is 16.3. The average Bonchev–Trinajstić information content (AvgIpc) is 2.38. The van der Waals surface area contributed by atoms with E-state index in [0.29, 0.717) is 12.1 Å². The predicted octanol–water partition coefficient (Wildman–Crippen LogP) is 2.28. The zero-order valence-corrected chi connectivity index (χ0v) is 10.9. The number of carbonyl (C=O) groups excluding carboxylic acids is 1. The quantitative estimate of drug-likeness (QED) is 0.861. The standard InChI is InChI=1S/C15H21NO2/c1-11-6-8-12(9-7-11)15(18)16-10-13-4-2-3-5-14(13)17/h6-9,13-14,17H,2-5,10H2,1H3,(H,16,18). The fraction of sp³-hybridized carbons (Fsp3) is 0.533. The number of benzene rings is 1. The predicted molar refractivity (Wildman–Crippen MR) is 71.5 cm³/mol. The number of aliphatic hydroxyl groups is 1. The van der Waals surface area contributed by atoms with Crippen LogP contribution < -0.4 is 5.32 Å². The lowest BCUT2D eigenvalue weighted by molar-refractivity contribution is 0.0663. The molecular formula is C15H21NO2. The first-order chi connectivity index (χ1) is 8.66. The molecule has 0 aliphatic heterocycles. The van der Waals surface area contributed by atoms with Crippen LogP contribution in [0.3, 0.4) is 0 Å². The SMILES string of the molecule is Cc1ccc(C(=O)NCC2CCCCC2O)cc1. The van der Waals surface area contributed by atoms with Crippen molar-refractivity contribution < 1.29 is 9.90 Å². The highest BCUT2D eigenvalue weighted by Gasteiger charge is 2.23. The highest BCUT2D eigenvalue weighted by molar-refractivity contribution is 5.94. The van der Waals surface area contributed by atoms with Gasteiger partial charge in [0.15, 0.2) is 0 Å². The molecule has 2 unspecified atom stereocenters. The van der Waals surface area contributed by atoms with E-state index in [0.717, 1.165) is 31.2 Å². The summed E-state index contributed by atoms with van der Waals surface area (Å²) in [7, 11) is 0. The van der Waals surface area contributed by atoms with E-state index in [4.69, 9.17) is 0 Å². The molecule has 2 atom stereocenters. The number of rotatable bonds is 3. The second-order valence-corrected chi connectivity index (χ2v) is 5.19. The normalized spacial score (nSPS) is 23.7. The fourth-order valence-corrected chi connectivity index (χ4v) is 2.46. The minimum absolute atomic E-state index is 0.0484. The van der Waals surface area contributed by atoms with E-state index in [9.17, 15) is 9.90 Å². The van der Waals surface area contributed by atoms with E-state index >= 15 is 0 Å². The van der Waals surface area contributed by atoms with Gasteiger partial charge in [-0.15, -0.1) is 0 Å². The number of hydrogen-bond donors (Lipinski definition) is 2. The molecule has 0 radical (unpaired) electrons. The van der Waals surface area contributed by atoms with Gasteiger partial charge in [-0.25, -0.2) is 0 Å². The maximum Gasteiger partial charge on any atom is 0.251 e. The molecule has 3 heteroatoms. The summed E-state index contributed by atoms with van der Waals surface area (Å²) < 4.78 is 0. The van der Waals surface area contributed by atoms with E-state index in [1.165, 1.54) is 0 Å². The molecule has 3 nitrogen and oxygen atoms in total. The molecule has 1 aliphatic carbocycles. The first kappa shape index (κ1) is 13.1. The summed E-state index contributed by atoms with van der Waals surface area (Å²) in [6.07, 6.45) is 3.88. The van der Waals surface area contributed by atoms with Crippen molar-refractivity contribution in [3.63, 3.8) is 0 Å². The molecule has 98 valence electrons. The molecular weight excluding hydrogens is 226 g/mol. The van der Waals surface area contributed by atoms with Crippen molar-refractivity contribution in [2.24, 2.45) is 5.92 Å². The molecule has 0 bridgehead atoms. The Kier molecular flexibility index (Phi) is 4.37. The molecule has 0 heterocycles. The lowest BCUT2D eigenvalue weighted by Crippen LogP contribution is -2.36. The number of nitrogens with one attached hydrogen (secondary N) is 1. The van der Waals surface area contributed by atoms with Gasteiger partial charge in [-0.05, 0) is 31.9 Å². The average molecular weight is 247 g/mol. The summed E-state index contributed by atoms with van der Waals surface area (Å²) >= 11 is 0. The van der Waals surface area contributed by atoms with Crippen molar-refractivity contribution in [2.45, 2.75) is 38.7 Å². The molecule has 0 aromatic heterocycles. The van der Waals surface area contributed by atoms with E-state index in [1.54, 1.807) is 0 Å². The summed E-state index contributed by atoms with van der Waals surface area (Å²) in [5.74, 6) is 0.168. The van der Waals surface area contributed by atoms with Gasteiger partial charge in [0.1, 0.15) is 0 Å². The third kappa shape index (κ3) is 3.33. The molecule has 0 saturated heterocycles. The molecule has 2 rings (SSSR count). The fourth-order valence-electron chi connectivity index (χ4n) is 2.46. The Labute approximate surface area is 108 Å². The van der Waals surface area contributed by atoms with Crippen LogP contribution in [-0.4, -0.2) is 23.7 Å². The number of hydrogen-bond acceptors (Lipinski definition) is 2. The molecule has 1 aromatic rings. The van der Waals surface area contributed by atoms with Crippen LogP contribution in [0.15, 0.2) is 24.3 Å². The topological polar surface area (TPSA) is 49.3 Å². The minimum Gasteiger partial charge on any atom is -0.393 e. The Bertz CT molecular complexity index is 399. The van der Waals surface area contributed by atoms with E-state index in [2.05, 4.69) is 5.32 Å². The minimum atomic E-state index is -0.253. The maximum absolute atomic E-state index is 11.9. The monoisotopic (exact) mass is 247 g/mol. The number of carbonyl (C=O) groups is 1. The van der Waals surface area contributed by atoms with Gasteiger partial charge < -0.3 is 10.4 Å². The second-order valence-electron chi connectivity index (χ2n) is 5.19. The first-order valence-corrected chi connectivity index (χ1v) is 6.70. The van der Waals surface area contributed by atoms with Crippen LogP contribution in [0.5, 0.6) is 0 Å². The van der Waals surface area contributed by atoms with E-state index < -0.39 is 0 Å². The van der Waals surface area contributed by atoms with Gasteiger partial charge in [-0.3, -0.25) is 4.79 Å². The first-order valence-electron chi connectivity index (χ1n) is 6.70. The summed E-state index contributed by atoms with van der Waals surface area (Å²) in [5.41, 5.74) is 1.83. The van der Waals surface area contributed by atoms with E-state index in [-0.39, 0.29) is 17.9 Å². The van der Waals surface area contributed by atoms with Gasteiger partial charge >= 0.3 is 0 Å². The molecule has 1 aromatic carbocycles. The summed E-state index contributed by atoms with van der Waals surface area (Å²) in [6, 6.07) is 7.54. The zero-order chi connectivity index (χ0) is 13.0. The Balaban J connectivity index is 1.86. The zero-order valence-electron chi connectivity index (χ0n) is 10.9. The van der Waals surface area contributed by atoms with Crippen LogP contribution in [0.4, 0.5) is 0 Å². The smallest absolute Gasteiger partial charge is 0.251 e. The Hall–Kier alpha value is -1.35. The molecule has 1 fully saturated rings. The second kappa shape index (κ2) is 6.01. The molecule has 18 heavy (non-hydrogen) atoms. The van der Waals surface area contributed by atoms with Crippen molar-refractivity contribution >= 4 is 5.91 Å². The van der Waals surface area contributed by atoms with Crippen molar-refractivity contribution in [3.05, 3.63) is 35.4 Å². The third-order valence-corrected chi connectivity index (χ3v) is 3.71. The Morgan fingerprint density at radius 3 is 2.61 bits per heavy atom. The molecule has 2 N–H and O–H groups in total. The lowest BCUT2D eigenvalue weighted by atomic mass is 9.86. The van der Waals surface area contributed by atoms with E-state index in [1.807, 2.05) is 31.2 Å². The number of amides is 1. The lowest BCUT2D eigenvalue weighted by Gasteiger charge is -2.27. The summed E-state index contributed by atoms with van der Waals surface area (Å²) in [6.45, 7) is 2.58. The number of aliphatic hydroxyl groups excluding tert-OH is 1. The highest BCUT2D eigenvalue weighted by Crippen LogP contribution is 2.23. The van der Waals surface area contributed by atoms with Crippen LogP contribution in [0, 0.1) is 12.8 Å². The largest absolute Gasteiger partial charge is 0.393 e. The van der Waals surface area contributed by atoms with Crippen molar-refractivity contribution in [1.82, 2.24) is 5.32 Å². The van der Waals surface area contributed by atoms with Crippen LogP contribution in [0.1, 0.15) is 41.6 Å². The van der Waals surface area contributed by atoms with Gasteiger partial charge in [0.2, 0.25) is 0 Å². The van der Waals surface area contributed by atoms with Crippen LogP contribution >= 0.6 is 0 Å². The van der Waals surface area contributed by atoms with Crippen LogP contribution in [-0.2, 0) is 0 Å². The van der Waals surface area contributed by atoms with Gasteiger partial charge in [-0.1, -0.05) is 30.5 Å². The van der Waals surface area contributed by atoms with Crippen LogP contribution in [0.2, 0.25) is 0 Å². The van der Waals surface area contributed by atoms with Crippen LogP contribution in [0.25, 0.3) is 0 Å². The van der Waals surface area contributed by atoms with Crippen molar-refractivity contribution in [2.75, 3.05) is 6.54 Å². The Morgan fingerprint density at radius 1 is 1.28 bits per heavy atom. The summed E-state index contributed by atoms with van der Waals surface area (Å²) in [5, 5.41) is 12.8. The molecule has 1 saturated carbocycles. The molecule has 1 amide bonds. The summed E-state index contributed by atoms with van der Waals surface area (Å²) in [4.78, 5) is 11.9. The molecule has 1 aliphatic rings. The molecule has 0 spiro atoms. The number of aryl methyl sites for hydroxylation is 1.